The number of likely N-dealkylation sites (N-methyl/N-ethyl adjacent to an activating group) is 1. The number of nitrogens with zero attached hydrogens (tertiary/aromatic N) is 2. The van der Waals surface area contributed by atoms with Gasteiger partial charge in [-0.2, -0.15) is 0 Å². The lowest BCUT2D eigenvalue weighted by Gasteiger charge is -2.17. The average molecular weight is 273 g/mol. The Labute approximate surface area is 118 Å². The van der Waals surface area contributed by atoms with E-state index in [4.69, 9.17) is 5.11 Å². The maximum Gasteiger partial charge on any atom is 0.255 e. The van der Waals surface area contributed by atoms with Crippen molar-refractivity contribution in [1.82, 2.24) is 9.88 Å². The third-order valence-electron chi connectivity index (χ3n) is 3.15. The molecule has 2 aromatic rings. The van der Waals surface area contributed by atoms with Crippen LogP contribution < -0.4 is 5.32 Å². The number of aliphatic hydroxyl groups excluding tert-OH is 1. The van der Waals surface area contributed by atoms with E-state index in [1.807, 2.05) is 31.2 Å². The van der Waals surface area contributed by atoms with Crippen molar-refractivity contribution in [2.45, 2.75) is 6.92 Å². The molecule has 0 fully saturated rings. The van der Waals surface area contributed by atoms with Crippen molar-refractivity contribution in [1.29, 1.82) is 0 Å². The topological polar surface area (TPSA) is 65.5 Å². The number of benzene rings is 1. The molecule has 0 radical (unpaired) electrons. The van der Waals surface area contributed by atoms with E-state index in [0.29, 0.717) is 12.1 Å². The maximum atomic E-state index is 12.4. The zero-order valence-corrected chi connectivity index (χ0v) is 11.8. The molecule has 20 heavy (non-hydrogen) atoms. The molecular formula is C15H19N3O2. The number of fused-ring (bicyclic) bond motifs is 1. The van der Waals surface area contributed by atoms with Gasteiger partial charge in [0.05, 0.1) is 12.2 Å². The molecule has 0 atom stereocenters. The zero-order chi connectivity index (χ0) is 14.5. The Kier molecular flexibility index (Phi) is 4.53. The SMILES string of the molecule is CCNc1ncc(C(=O)N(C)CCO)c2ccccc12. The first-order chi connectivity index (χ1) is 9.69. The molecule has 0 saturated heterocycles. The van der Waals surface area contributed by atoms with Crippen LogP contribution in [0.25, 0.3) is 10.8 Å². The van der Waals surface area contributed by atoms with Crippen LogP contribution >= 0.6 is 0 Å². The van der Waals surface area contributed by atoms with E-state index in [0.717, 1.165) is 23.1 Å². The summed E-state index contributed by atoms with van der Waals surface area (Å²) in [6, 6.07) is 7.69. The van der Waals surface area contributed by atoms with E-state index < -0.39 is 0 Å². The number of pyridine rings is 1. The van der Waals surface area contributed by atoms with Crippen LogP contribution in [0.3, 0.4) is 0 Å². The summed E-state index contributed by atoms with van der Waals surface area (Å²) in [5, 5.41) is 13.9. The minimum absolute atomic E-state index is 0.0525. The number of hydrogen-bond acceptors (Lipinski definition) is 4. The first-order valence-electron chi connectivity index (χ1n) is 6.67. The van der Waals surface area contributed by atoms with Gasteiger partial charge in [0.1, 0.15) is 5.82 Å². The Bertz CT molecular complexity index is 613. The number of anilines is 1. The first kappa shape index (κ1) is 14.3. The second-order valence-electron chi connectivity index (χ2n) is 4.55. The van der Waals surface area contributed by atoms with Crippen LogP contribution in [-0.2, 0) is 0 Å². The highest BCUT2D eigenvalue weighted by Crippen LogP contribution is 2.25. The van der Waals surface area contributed by atoms with E-state index >= 15 is 0 Å². The van der Waals surface area contributed by atoms with Gasteiger partial charge in [0, 0.05) is 31.7 Å². The number of aliphatic hydroxyl groups is 1. The highest BCUT2D eigenvalue weighted by molar-refractivity contribution is 6.09. The monoisotopic (exact) mass is 273 g/mol. The third kappa shape index (κ3) is 2.72. The number of carbonyl (C=O) groups excluding carboxylic acids is 1. The minimum atomic E-state index is -0.134. The van der Waals surface area contributed by atoms with Crippen molar-refractivity contribution in [2.24, 2.45) is 0 Å². The standard InChI is InChI=1S/C15H19N3O2/c1-3-16-14-12-7-5-4-6-11(12)13(10-17-14)15(20)18(2)8-9-19/h4-7,10,19H,3,8-9H2,1-2H3,(H,16,17). The van der Waals surface area contributed by atoms with Crippen LogP contribution in [0.15, 0.2) is 30.5 Å². The van der Waals surface area contributed by atoms with Gasteiger partial charge < -0.3 is 15.3 Å². The average Bonchev–Trinajstić information content (AvgIpc) is 2.47. The highest BCUT2D eigenvalue weighted by atomic mass is 16.3. The Morgan fingerprint density at radius 3 is 2.70 bits per heavy atom. The highest BCUT2D eigenvalue weighted by Gasteiger charge is 2.16. The van der Waals surface area contributed by atoms with Gasteiger partial charge in [-0.05, 0) is 12.3 Å². The number of nitrogens with one attached hydrogen (secondary N) is 1. The molecule has 2 N–H and O–H groups in total. The maximum absolute atomic E-state index is 12.4. The smallest absolute Gasteiger partial charge is 0.255 e. The van der Waals surface area contributed by atoms with Gasteiger partial charge in [0.2, 0.25) is 0 Å². The van der Waals surface area contributed by atoms with Crippen LogP contribution in [0, 0.1) is 0 Å². The van der Waals surface area contributed by atoms with Crippen LogP contribution in [0.4, 0.5) is 5.82 Å². The fourth-order valence-electron chi connectivity index (χ4n) is 2.13. The molecule has 1 aromatic carbocycles. The quantitative estimate of drug-likeness (QED) is 0.870. The summed E-state index contributed by atoms with van der Waals surface area (Å²) in [5.41, 5.74) is 0.554. The molecule has 106 valence electrons. The summed E-state index contributed by atoms with van der Waals surface area (Å²) in [5.74, 6) is 0.648. The molecule has 0 aliphatic carbocycles. The minimum Gasteiger partial charge on any atom is -0.395 e. The Hall–Kier alpha value is -2.14. The normalized spacial score (nSPS) is 10.6. The van der Waals surface area contributed by atoms with Crippen LogP contribution in [0.2, 0.25) is 0 Å². The van der Waals surface area contributed by atoms with Crippen LogP contribution in [0.1, 0.15) is 17.3 Å². The van der Waals surface area contributed by atoms with E-state index in [1.54, 1.807) is 13.2 Å². The van der Waals surface area contributed by atoms with Crippen LogP contribution in [0.5, 0.6) is 0 Å². The summed E-state index contributed by atoms with van der Waals surface area (Å²) < 4.78 is 0. The molecule has 1 amide bonds. The van der Waals surface area contributed by atoms with Gasteiger partial charge in [0.25, 0.3) is 5.91 Å². The van der Waals surface area contributed by atoms with Crippen molar-refractivity contribution in [3.05, 3.63) is 36.0 Å². The molecule has 1 aromatic heterocycles. The molecule has 5 nitrogen and oxygen atoms in total. The predicted molar refractivity (Wildman–Crippen MR) is 80.0 cm³/mol. The van der Waals surface area contributed by atoms with E-state index in [2.05, 4.69) is 10.3 Å². The molecule has 0 bridgehead atoms. The molecule has 1 heterocycles. The summed E-state index contributed by atoms with van der Waals surface area (Å²) in [6.07, 6.45) is 1.59. The summed E-state index contributed by atoms with van der Waals surface area (Å²) in [6.45, 7) is 3.03. The number of amides is 1. The molecular weight excluding hydrogens is 254 g/mol. The molecule has 0 aliphatic heterocycles. The van der Waals surface area contributed by atoms with Crippen molar-refractivity contribution in [2.75, 3.05) is 32.1 Å². The van der Waals surface area contributed by atoms with Gasteiger partial charge in [-0.3, -0.25) is 4.79 Å². The van der Waals surface area contributed by atoms with Crippen molar-refractivity contribution in [3.63, 3.8) is 0 Å². The fourth-order valence-corrected chi connectivity index (χ4v) is 2.13. The third-order valence-corrected chi connectivity index (χ3v) is 3.15. The largest absolute Gasteiger partial charge is 0.395 e. The molecule has 5 heteroatoms. The summed E-state index contributed by atoms with van der Waals surface area (Å²) in [4.78, 5) is 18.2. The van der Waals surface area contributed by atoms with Gasteiger partial charge in [-0.25, -0.2) is 4.98 Å². The van der Waals surface area contributed by atoms with Gasteiger partial charge in [0.15, 0.2) is 0 Å². The summed E-state index contributed by atoms with van der Waals surface area (Å²) in [7, 11) is 1.67. The predicted octanol–water partition coefficient (Wildman–Crippen LogP) is 1.73. The van der Waals surface area contributed by atoms with Gasteiger partial charge in [-0.1, -0.05) is 24.3 Å². The van der Waals surface area contributed by atoms with E-state index in [1.165, 1.54) is 4.90 Å². The van der Waals surface area contributed by atoms with Gasteiger partial charge in [-0.15, -0.1) is 0 Å². The number of carbonyl (C=O) groups is 1. The Morgan fingerprint density at radius 2 is 2.05 bits per heavy atom. The Balaban J connectivity index is 2.50. The van der Waals surface area contributed by atoms with Crippen LogP contribution in [-0.4, -0.2) is 47.6 Å². The molecule has 2 rings (SSSR count). The molecule has 0 unspecified atom stereocenters. The lowest BCUT2D eigenvalue weighted by atomic mass is 10.1. The first-order valence-corrected chi connectivity index (χ1v) is 6.67. The van der Waals surface area contributed by atoms with E-state index in [-0.39, 0.29) is 12.5 Å². The molecule has 0 spiro atoms. The second kappa shape index (κ2) is 6.34. The number of rotatable bonds is 5. The second-order valence-corrected chi connectivity index (χ2v) is 4.55. The number of hydrogen-bond donors (Lipinski definition) is 2. The lowest BCUT2D eigenvalue weighted by Crippen LogP contribution is -2.29. The number of aromatic nitrogens is 1. The van der Waals surface area contributed by atoms with Crippen molar-refractivity contribution >= 4 is 22.5 Å². The zero-order valence-electron chi connectivity index (χ0n) is 11.8. The molecule has 0 saturated carbocycles. The van der Waals surface area contributed by atoms with E-state index in [9.17, 15) is 4.79 Å². The summed E-state index contributed by atoms with van der Waals surface area (Å²) >= 11 is 0. The molecule has 0 aliphatic rings. The van der Waals surface area contributed by atoms with Crippen molar-refractivity contribution in [3.8, 4) is 0 Å². The lowest BCUT2D eigenvalue weighted by molar-refractivity contribution is 0.0768. The van der Waals surface area contributed by atoms with Crippen molar-refractivity contribution < 1.29 is 9.90 Å². The Morgan fingerprint density at radius 1 is 1.35 bits per heavy atom. The van der Waals surface area contributed by atoms with Gasteiger partial charge >= 0.3 is 0 Å². The fraction of sp³-hybridized carbons (Fsp3) is 0.333.